The van der Waals surface area contributed by atoms with Crippen molar-refractivity contribution in [2.75, 3.05) is 29.9 Å². The first kappa shape index (κ1) is 30.4. The molecule has 1 aliphatic heterocycles. The minimum Gasteiger partial charge on any atom is -0.479 e. The molecule has 0 amide bonds. The fourth-order valence-electron chi connectivity index (χ4n) is 5.09. The number of nitrogens with zero attached hydrogens (tertiary/aromatic N) is 3. The molecule has 0 saturated carbocycles. The van der Waals surface area contributed by atoms with Crippen LogP contribution in [0.1, 0.15) is 70.4 Å². The van der Waals surface area contributed by atoms with Gasteiger partial charge in [0.25, 0.3) is 0 Å². The van der Waals surface area contributed by atoms with Crippen molar-refractivity contribution in [3.63, 3.8) is 0 Å². The number of carbonyl (C=O) groups is 1. The summed E-state index contributed by atoms with van der Waals surface area (Å²) in [4.78, 5) is 23.7. The van der Waals surface area contributed by atoms with Crippen molar-refractivity contribution in [1.29, 1.82) is 0 Å². The lowest BCUT2D eigenvalue weighted by Gasteiger charge is -2.40. The molecular weight excluding hydrogens is 526 g/mol. The summed E-state index contributed by atoms with van der Waals surface area (Å²) in [6, 6.07) is 7.59. The van der Waals surface area contributed by atoms with E-state index < -0.39 is 23.5 Å². The molecule has 220 valence electrons. The molecular formula is C32H40F2N4O3. The number of halogens is 2. The van der Waals surface area contributed by atoms with Crippen molar-refractivity contribution < 1.29 is 23.4 Å². The molecule has 1 fully saturated rings. The van der Waals surface area contributed by atoms with Crippen LogP contribution in [0.4, 0.5) is 20.3 Å². The zero-order valence-electron chi connectivity index (χ0n) is 24.7. The van der Waals surface area contributed by atoms with Crippen LogP contribution >= 0.6 is 0 Å². The molecule has 0 aliphatic carbocycles. The maximum absolute atomic E-state index is 15.4. The van der Waals surface area contributed by atoms with Gasteiger partial charge in [0.2, 0.25) is 0 Å². The molecule has 0 radical (unpaired) electrons. The SMILES string of the molecule is Cc1ncc(-c2cnc(NCCc3ccc(F)cc3)c(F)c2)c(N2CCC(C)(C)CC2)c1C(OC(C)(C)C)C(=O)O. The number of ether oxygens (including phenoxy) is 1. The number of piperidine rings is 1. The second kappa shape index (κ2) is 12.1. The number of aromatic nitrogens is 2. The van der Waals surface area contributed by atoms with E-state index in [0.717, 1.165) is 31.5 Å². The normalized spacial score (nSPS) is 16.0. The molecule has 2 aromatic heterocycles. The monoisotopic (exact) mass is 566 g/mol. The summed E-state index contributed by atoms with van der Waals surface area (Å²) in [6.45, 7) is 13.6. The van der Waals surface area contributed by atoms with Gasteiger partial charge in [-0.2, -0.15) is 0 Å². The van der Waals surface area contributed by atoms with Gasteiger partial charge in [-0.25, -0.2) is 18.6 Å². The lowest BCUT2D eigenvalue weighted by Crippen LogP contribution is -2.39. The van der Waals surface area contributed by atoms with Crippen LogP contribution < -0.4 is 10.2 Å². The first-order valence-corrected chi connectivity index (χ1v) is 14.0. The third kappa shape index (κ3) is 7.58. The molecule has 3 heterocycles. The van der Waals surface area contributed by atoms with E-state index in [9.17, 15) is 14.3 Å². The number of nitrogens with one attached hydrogen (secondary N) is 1. The van der Waals surface area contributed by atoms with Gasteiger partial charge in [-0.15, -0.1) is 0 Å². The Balaban J connectivity index is 1.71. The third-order valence-corrected chi connectivity index (χ3v) is 7.45. The highest BCUT2D eigenvalue weighted by atomic mass is 19.1. The van der Waals surface area contributed by atoms with Crippen LogP contribution in [0.15, 0.2) is 42.7 Å². The average Bonchev–Trinajstić information content (AvgIpc) is 2.89. The van der Waals surface area contributed by atoms with Crippen molar-refractivity contribution in [3.8, 4) is 11.1 Å². The quantitative estimate of drug-likeness (QED) is 0.290. The van der Waals surface area contributed by atoms with E-state index in [-0.39, 0.29) is 17.1 Å². The number of hydrogen-bond acceptors (Lipinski definition) is 6. The zero-order valence-corrected chi connectivity index (χ0v) is 24.7. The van der Waals surface area contributed by atoms with E-state index in [1.54, 1.807) is 31.5 Å². The van der Waals surface area contributed by atoms with Gasteiger partial charge in [-0.05, 0) is 76.1 Å². The Hall–Kier alpha value is -3.59. The Morgan fingerprint density at radius 1 is 1.12 bits per heavy atom. The van der Waals surface area contributed by atoms with Gasteiger partial charge >= 0.3 is 5.97 Å². The topological polar surface area (TPSA) is 87.6 Å². The Labute approximate surface area is 241 Å². The Kier molecular flexibility index (Phi) is 8.97. The molecule has 1 aromatic carbocycles. The molecule has 1 unspecified atom stereocenters. The van der Waals surface area contributed by atoms with Crippen LogP contribution in [-0.4, -0.2) is 46.3 Å². The van der Waals surface area contributed by atoms with E-state index in [1.165, 1.54) is 18.2 Å². The standard InChI is InChI=1S/C32H40F2N4O3/c1-20-26(28(30(39)40)41-31(2,3)4)27(38-15-12-32(5,6)13-16-38)24(19-36-20)22-17-25(34)29(37-18-22)35-14-11-21-7-9-23(33)10-8-21/h7-10,17-19,28H,11-16H2,1-6H3,(H,35,37)(H,39,40). The minimum absolute atomic E-state index is 0.108. The lowest BCUT2D eigenvalue weighted by atomic mass is 9.82. The van der Waals surface area contributed by atoms with Crippen molar-refractivity contribution in [2.24, 2.45) is 5.41 Å². The molecule has 3 aromatic rings. The fourth-order valence-corrected chi connectivity index (χ4v) is 5.09. The summed E-state index contributed by atoms with van der Waals surface area (Å²) in [5.41, 5.74) is 3.21. The largest absolute Gasteiger partial charge is 0.479 e. The number of aliphatic carboxylic acids is 1. The summed E-state index contributed by atoms with van der Waals surface area (Å²) in [5, 5.41) is 13.3. The molecule has 41 heavy (non-hydrogen) atoms. The number of carboxylic acid groups (broad SMARTS) is 1. The minimum atomic E-state index is -1.25. The van der Waals surface area contributed by atoms with Crippen molar-refractivity contribution in [2.45, 2.75) is 72.5 Å². The van der Waals surface area contributed by atoms with E-state index in [4.69, 9.17) is 4.74 Å². The summed E-state index contributed by atoms with van der Waals surface area (Å²) in [5.74, 6) is -1.83. The van der Waals surface area contributed by atoms with Crippen molar-refractivity contribution in [1.82, 2.24) is 9.97 Å². The summed E-state index contributed by atoms with van der Waals surface area (Å²) < 4.78 is 34.6. The first-order chi connectivity index (χ1) is 19.2. The maximum atomic E-state index is 15.4. The molecule has 2 N–H and O–H groups in total. The number of pyridine rings is 2. The molecule has 1 atom stereocenters. The van der Waals surface area contributed by atoms with Crippen LogP contribution in [0.25, 0.3) is 11.1 Å². The van der Waals surface area contributed by atoms with Gasteiger partial charge in [0.1, 0.15) is 5.82 Å². The molecule has 9 heteroatoms. The lowest BCUT2D eigenvalue weighted by molar-refractivity contribution is -0.160. The summed E-state index contributed by atoms with van der Waals surface area (Å²) in [7, 11) is 0. The van der Waals surface area contributed by atoms with Crippen LogP contribution in [0.2, 0.25) is 0 Å². The number of aryl methyl sites for hydroxylation is 1. The van der Waals surface area contributed by atoms with Crippen LogP contribution in [0, 0.1) is 24.0 Å². The smallest absolute Gasteiger partial charge is 0.337 e. The molecule has 7 nitrogen and oxygen atoms in total. The molecule has 1 aliphatic rings. The highest BCUT2D eigenvalue weighted by Crippen LogP contribution is 2.43. The van der Waals surface area contributed by atoms with E-state index >= 15 is 4.39 Å². The van der Waals surface area contributed by atoms with Crippen LogP contribution in [0.3, 0.4) is 0 Å². The number of carboxylic acids is 1. The Morgan fingerprint density at radius 3 is 2.37 bits per heavy atom. The van der Waals surface area contributed by atoms with E-state index in [2.05, 4.69) is 34.0 Å². The van der Waals surface area contributed by atoms with Gasteiger partial charge in [-0.3, -0.25) is 4.98 Å². The van der Waals surface area contributed by atoms with Crippen LogP contribution in [0.5, 0.6) is 0 Å². The summed E-state index contributed by atoms with van der Waals surface area (Å²) >= 11 is 0. The Morgan fingerprint density at radius 2 is 1.78 bits per heavy atom. The second-order valence-corrected chi connectivity index (χ2v) is 12.5. The van der Waals surface area contributed by atoms with Crippen molar-refractivity contribution >= 4 is 17.5 Å². The first-order valence-electron chi connectivity index (χ1n) is 14.0. The molecule has 0 spiro atoms. The highest BCUT2D eigenvalue weighted by molar-refractivity contribution is 5.86. The van der Waals surface area contributed by atoms with Gasteiger partial charge in [0.15, 0.2) is 17.7 Å². The van der Waals surface area contributed by atoms with Gasteiger partial charge in [-0.1, -0.05) is 26.0 Å². The zero-order chi connectivity index (χ0) is 29.9. The van der Waals surface area contributed by atoms with E-state index in [1.807, 2.05) is 20.8 Å². The predicted molar refractivity (Wildman–Crippen MR) is 157 cm³/mol. The number of benzene rings is 1. The number of hydrogen-bond donors (Lipinski definition) is 2. The third-order valence-electron chi connectivity index (χ3n) is 7.45. The van der Waals surface area contributed by atoms with E-state index in [0.29, 0.717) is 41.0 Å². The molecule has 1 saturated heterocycles. The Bertz CT molecular complexity index is 1380. The second-order valence-electron chi connectivity index (χ2n) is 12.5. The molecule has 4 rings (SSSR count). The van der Waals surface area contributed by atoms with Gasteiger partial charge in [0.05, 0.1) is 11.3 Å². The van der Waals surface area contributed by atoms with Crippen molar-refractivity contribution in [3.05, 3.63) is 71.2 Å². The highest BCUT2D eigenvalue weighted by Gasteiger charge is 2.36. The van der Waals surface area contributed by atoms with Gasteiger partial charge in [0, 0.05) is 54.4 Å². The van der Waals surface area contributed by atoms with Crippen LogP contribution in [-0.2, 0) is 16.0 Å². The summed E-state index contributed by atoms with van der Waals surface area (Å²) in [6.07, 6.45) is 4.43. The fraction of sp³-hybridized carbons (Fsp3) is 0.469. The maximum Gasteiger partial charge on any atom is 0.337 e. The van der Waals surface area contributed by atoms with Gasteiger partial charge < -0.3 is 20.1 Å². The predicted octanol–water partition coefficient (Wildman–Crippen LogP) is 6.95. The number of anilines is 2. The average molecular weight is 567 g/mol. The molecule has 0 bridgehead atoms. The number of rotatable bonds is 9.